The van der Waals surface area contributed by atoms with Crippen molar-refractivity contribution in [2.75, 3.05) is 16.4 Å². The van der Waals surface area contributed by atoms with Gasteiger partial charge >= 0.3 is 0 Å². The summed E-state index contributed by atoms with van der Waals surface area (Å²) in [6.07, 6.45) is 4.78. The van der Waals surface area contributed by atoms with E-state index in [1.54, 1.807) is 12.1 Å². The van der Waals surface area contributed by atoms with Gasteiger partial charge in [-0.15, -0.1) is 11.8 Å². The summed E-state index contributed by atoms with van der Waals surface area (Å²) in [7, 11) is -3.66. The topological polar surface area (TPSA) is 92.3 Å². The second kappa shape index (κ2) is 9.04. The van der Waals surface area contributed by atoms with E-state index in [1.807, 2.05) is 19.1 Å². The van der Waals surface area contributed by atoms with Crippen molar-refractivity contribution in [2.45, 2.75) is 60.5 Å². The second-order valence-electron chi connectivity index (χ2n) is 7.93. The van der Waals surface area contributed by atoms with E-state index in [0.29, 0.717) is 12.1 Å². The van der Waals surface area contributed by atoms with E-state index in [4.69, 9.17) is 0 Å². The highest BCUT2D eigenvalue weighted by atomic mass is 32.2. The van der Waals surface area contributed by atoms with Crippen molar-refractivity contribution in [1.29, 1.82) is 0 Å². The Kier molecular flexibility index (Phi) is 6.39. The molecule has 31 heavy (non-hydrogen) atoms. The zero-order chi connectivity index (χ0) is 22.0. The predicted octanol–water partition coefficient (Wildman–Crippen LogP) is 4.19. The second-order valence-corrected chi connectivity index (χ2v) is 11.3. The molecule has 1 heterocycles. The van der Waals surface area contributed by atoms with Crippen LogP contribution in [-0.4, -0.2) is 31.2 Å². The van der Waals surface area contributed by atoms with Crippen molar-refractivity contribution in [1.82, 2.24) is 0 Å². The molecule has 0 bridgehead atoms. The molecule has 2 amide bonds. The maximum Gasteiger partial charge on any atom is 0.237 e. The highest BCUT2D eigenvalue weighted by molar-refractivity contribution is 8.01. The van der Waals surface area contributed by atoms with Crippen molar-refractivity contribution in [3.05, 3.63) is 47.5 Å². The third kappa shape index (κ3) is 4.80. The standard InChI is InChI=1S/C23H26N2O4S2/c1-2-20-23(27)25-19-14-16(10-11-21(19)30-20)31(28,29)13-12-22(26)24-18-9-5-7-15-6-3-4-8-17(15)18/h5,7,9-11,14,20H,2-4,6,8,12-13H2,1H3,(H,24,26)(H,25,27). The number of anilines is 2. The van der Waals surface area contributed by atoms with E-state index in [2.05, 4.69) is 16.7 Å². The molecule has 0 radical (unpaired) electrons. The number of thioether (sulfide) groups is 1. The lowest BCUT2D eigenvalue weighted by Crippen LogP contribution is -2.28. The molecule has 4 rings (SSSR count). The molecule has 2 aromatic carbocycles. The Labute approximate surface area is 187 Å². The molecular weight excluding hydrogens is 432 g/mol. The summed E-state index contributed by atoms with van der Waals surface area (Å²) in [6, 6.07) is 10.7. The molecule has 0 fully saturated rings. The van der Waals surface area contributed by atoms with Crippen LogP contribution in [0.2, 0.25) is 0 Å². The maximum absolute atomic E-state index is 12.8. The van der Waals surface area contributed by atoms with Crippen LogP contribution in [0.4, 0.5) is 11.4 Å². The first kappa shape index (κ1) is 21.9. The molecule has 1 atom stereocenters. The average molecular weight is 459 g/mol. The Morgan fingerprint density at radius 3 is 2.81 bits per heavy atom. The maximum atomic E-state index is 12.8. The summed E-state index contributed by atoms with van der Waals surface area (Å²) < 4.78 is 25.6. The van der Waals surface area contributed by atoms with Gasteiger partial charge in [0.2, 0.25) is 11.8 Å². The van der Waals surface area contributed by atoms with Gasteiger partial charge in [0, 0.05) is 17.0 Å². The largest absolute Gasteiger partial charge is 0.326 e. The summed E-state index contributed by atoms with van der Waals surface area (Å²) in [5.74, 6) is -0.707. The van der Waals surface area contributed by atoms with Crippen LogP contribution in [0.15, 0.2) is 46.2 Å². The minimum Gasteiger partial charge on any atom is -0.326 e. The summed E-state index contributed by atoms with van der Waals surface area (Å²) in [6.45, 7) is 1.94. The van der Waals surface area contributed by atoms with E-state index in [1.165, 1.54) is 29.0 Å². The molecule has 0 saturated carbocycles. The lowest BCUT2D eigenvalue weighted by atomic mass is 9.90. The molecular formula is C23H26N2O4S2. The smallest absolute Gasteiger partial charge is 0.237 e. The van der Waals surface area contributed by atoms with Crippen molar-refractivity contribution in [2.24, 2.45) is 0 Å². The number of amides is 2. The van der Waals surface area contributed by atoms with Crippen molar-refractivity contribution >= 4 is 44.8 Å². The Balaban J connectivity index is 1.42. The minimum atomic E-state index is -3.66. The number of carbonyl (C=O) groups is 2. The van der Waals surface area contributed by atoms with Crippen LogP contribution in [0.5, 0.6) is 0 Å². The van der Waals surface area contributed by atoms with Crippen LogP contribution in [-0.2, 0) is 32.3 Å². The number of fused-ring (bicyclic) bond motifs is 2. The van der Waals surface area contributed by atoms with E-state index < -0.39 is 9.84 Å². The fourth-order valence-electron chi connectivity index (χ4n) is 4.05. The Bertz CT molecular complexity index is 1130. The van der Waals surface area contributed by atoms with Gasteiger partial charge in [0.25, 0.3) is 0 Å². The molecule has 164 valence electrons. The average Bonchev–Trinajstić information content (AvgIpc) is 2.77. The number of aryl methyl sites for hydroxylation is 1. The first-order valence-electron chi connectivity index (χ1n) is 10.6. The van der Waals surface area contributed by atoms with Crippen molar-refractivity contribution in [3.63, 3.8) is 0 Å². The molecule has 2 N–H and O–H groups in total. The zero-order valence-electron chi connectivity index (χ0n) is 17.4. The van der Waals surface area contributed by atoms with E-state index in [9.17, 15) is 18.0 Å². The highest BCUT2D eigenvalue weighted by Crippen LogP contribution is 2.38. The number of nitrogens with one attached hydrogen (secondary N) is 2. The summed E-state index contributed by atoms with van der Waals surface area (Å²) >= 11 is 1.44. The fraction of sp³-hybridized carbons (Fsp3) is 0.391. The number of hydrogen-bond acceptors (Lipinski definition) is 5. The first-order valence-corrected chi connectivity index (χ1v) is 13.2. The minimum absolute atomic E-state index is 0.111. The van der Waals surface area contributed by atoms with Gasteiger partial charge in [-0.05, 0) is 67.5 Å². The number of hydrogen-bond donors (Lipinski definition) is 2. The molecule has 2 aromatic rings. The predicted molar refractivity (Wildman–Crippen MR) is 123 cm³/mol. The van der Waals surface area contributed by atoms with Crippen LogP contribution < -0.4 is 10.6 Å². The fourth-order valence-corrected chi connectivity index (χ4v) is 6.33. The molecule has 0 aromatic heterocycles. The van der Waals surface area contributed by atoms with Gasteiger partial charge in [-0.1, -0.05) is 19.1 Å². The van der Waals surface area contributed by atoms with Crippen molar-refractivity contribution in [3.8, 4) is 0 Å². The Morgan fingerprint density at radius 2 is 2.00 bits per heavy atom. The van der Waals surface area contributed by atoms with E-state index in [-0.39, 0.29) is 34.1 Å². The quantitative estimate of drug-likeness (QED) is 0.677. The molecule has 0 spiro atoms. The summed E-state index contributed by atoms with van der Waals surface area (Å²) in [4.78, 5) is 25.6. The third-order valence-corrected chi connectivity index (χ3v) is 8.92. The van der Waals surface area contributed by atoms with Crippen molar-refractivity contribution < 1.29 is 18.0 Å². The van der Waals surface area contributed by atoms with Gasteiger partial charge in [0.15, 0.2) is 9.84 Å². The van der Waals surface area contributed by atoms with Crippen LogP contribution >= 0.6 is 11.8 Å². The Hall–Kier alpha value is -2.32. The van der Waals surface area contributed by atoms with E-state index in [0.717, 1.165) is 36.3 Å². The van der Waals surface area contributed by atoms with Gasteiger partial charge in [-0.3, -0.25) is 9.59 Å². The van der Waals surface area contributed by atoms with Gasteiger partial charge in [-0.2, -0.15) is 0 Å². The molecule has 0 saturated heterocycles. The third-order valence-electron chi connectivity index (χ3n) is 5.77. The summed E-state index contributed by atoms with van der Waals surface area (Å²) in [5.41, 5.74) is 3.73. The van der Waals surface area contributed by atoms with Crippen LogP contribution in [0.25, 0.3) is 0 Å². The van der Waals surface area contributed by atoms with Gasteiger partial charge in [0.1, 0.15) is 0 Å². The first-order chi connectivity index (χ1) is 14.9. The monoisotopic (exact) mass is 458 g/mol. The lowest BCUT2D eigenvalue weighted by molar-refractivity contribution is -0.116. The zero-order valence-corrected chi connectivity index (χ0v) is 19.1. The molecule has 8 heteroatoms. The van der Waals surface area contributed by atoms with Crippen LogP contribution in [0, 0.1) is 0 Å². The van der Waals surface area contributed by atoms with Gasteiger partial charge in [-0.25, -0.2) is 8.42 Å². The number of sulfone groups is 1. The molecule has 2 aliphatic rings. The van der Waals surface area contributed by atoms with Crippen LogP contribution in [0.3, 0.4) is 0 Å². The molecule has 1 aliphatic heterocycles. The molecule has 6 nitrogen and oxygen atoms in total. The summed E-state index contributed by atoms with van der Waals surface area (Å²) in [5, 5.41) is 5.53. The SMILES string of the molecule is CCC1Sc2ccc(S(=O)(=O)CCC(=O)Nc3cccc4c3CCCC4)cc2NC1=O. The number of carbonyl (C=O) groups excluding carboxylic acids is 2. The van der Waals surface area contributed by atoms with Gasteiger partial charge < -0.3 is 10.6 Å². The Morgan fingerprint density at radius 1 is 1.19 bits per heavy atom. The molecule has 1 aliphatic carbocycles. The van der Waals surface area contributed by atoms with Crippen LogP contribution in [0.1, 0.15) is 43.7 Å². The number of rotatable bonds is 6. The highest BCUT2D eigenvalue weighted by Gasteiger charge is 2.27. The number of benzene rings is 2. The molecule has 1 unspecified atom stereocenters. The van der Waals surface area contributed by atoms with E-state index >= 15 is 0 Å². The lowest BCUT2D eigenvalue weighted by Gasteiger charge is -2.23. The van der Waals surface area contributed by atoms with Gasteiger partial charge in [0.05, 0.1) is 21.6 Å². The normalized spacial score (nSPS) is 18.0.